The van der Waals surface area contributed by atoms with Crippen molar-refractivity contribution in [2.75, 3.05) is 0 Å². The first kappa shape index (κ1) is 12.4. The van der Waals surface area contributed by atoms with Crippen molar-refractivity contribution >= 4 is 15.8 Å². The lowest BCUT2D eigenvalue weighted by Gasteiger charge is -2.00. The van der Waals surface area contributed by atoms with Crippen molar-refractivity contribution in [1.29, 1.82) is 0 Å². The summed E-state index contributed by atoms with van der Waals surface area (Å²) in [6.07, 6.45) is 0. The third-order valence-electron chi connectivity index (χ3n) is 2.02. The summed E-state index contributed by atoms with van der Waals surface area (Å²) in [5.41, 5.74) is 0.735. The highest BCUT2D eigenvalue weighted by Gasteiger charge is 2.13. The maximum atomic E-state index is 11.7. The molecule has 0 aromatic heterocycles. The van der Waals surface area contributed by atoms with E-state index in [-0.39, 0.29) is 10.5 Å². The molecule has 1 N–H and O–H groups in total. The molecule has 0 heterocycles. The minimum absolute atomic E-state index is 0.0960. The average Bonchev–Trinajstić information content (AvgIpc) is 2.17. The number of hydrogen-bond acceptors (Lipinski definition) is 3. The van der Waals surface area contributed by atoms with Crippen molar-refractivity contribution in [3.63, 3.8) is 0 Å². The van der Waals surface area contributed by atoms with Crippen LogP contribution in [0.5, 0.6) is 0 Å². The fourth-order valence-electron chi connectivity index (χ4n) is 1.08. The van der Waals surface area contributed by atoms with Crippen LogP contribution in [0.1, 0.15) is 12.5 Å². The summed E-state index contributed by atoms with van der Waals surface area (Å²) >= 11 is 0. The Hall–Kier alpha value is -1.62. The van der Waals surface area contributed by atoms with Crippen LogP contribution in [-0.4, -0.2) is 19.5 Å². The molecule has 0 radical (unpaired) electrons. The Labute approximate surface area is 94.1 Å². The van der Waals surface area contributed by atoms with Crippen LogP contribution in [0.4, 0.5) is 0 Å². The zero-order valence-electron chi connectivity index (χ0n) is 8.97. The Morgan fingerprint density at radius 3 is 2.19 bits per heavy atom. The predicted molar refractivity (Wildman–Crippen MR) is 59.8 cm³/mol. The van der Waals surface area contributed by atoms with Gasteiger partial charge in [0.2, 0.25) is 0 Å². The van der Waals surface area contributed by atoms with Crippen molar-refractivity contribution in [2.24, 2.45) is 0 Å². The zero-order chi connectivity index (χ0) is 12.3. The first-order chi connectivity index (χ1) is 7.33. The lowest BCUT2D eigenvalue weighted by Crippen LogP contribution is -2.02. The molecular weight excluding hydrogens is 228 g/mol. The van der Waals surface area contributed by atoms with Gasteiger partial charge in [-0.3, -0.25) is 0 Å². The second-order valence-electron chi connectivity index (χ2n) is 3.46. The largest absolute Gasteiger partial charge is 0.478 e. The van der Waals surface area contributed by atoms with E-state index in [0.29, 0.717) is 0 Å². The Morgan fingerprint density at radius 2 is 1.75 bits per heavy atom. The van der Waals surface area contributed by atoms with E-state index >= 15 is 0 Å². The van der Waals surface area contributed by atoms with Crippen molar-refractivity contribution < 1.29 is 18.3 Å². The van der Waals surface area contributed by atoms with Crippen LogP contribution in [0.3, 0.4) is 0 Å². The third-order valence-corrected chi connectivity index (χ3v) is 3.61. The van der Waals surface area contributed by atoms with Gasteiger partial charge in [0.05, 0.1) is 4.90 Å². The number of carboxylic acids is 1. The highest BCUT2D eigenvalue weighted by molar-refractivity contribution is 7.94. The van der Waals surface area contributed by atoms with Crippen LogP contribution in [0.25, 0.3) is 0 Å². The van der Waals surface area contributed by atoms with Gasteiger partial charge in [-0.2, -0.15) is 0 Å². The van der Waals surface area contributed by atoms with E-state index in [2.05, 4.69) is 0 Å². The van der Waals surface area contributed by atoms with E-state index < -0.39 is 15.8 Å². The maximum Gasteiger partial charge on any atom is 0.331 e. The Balaban J connectivity index is 3.18. The minimum atomic E-state index is -3.66. The molecule has 1 aromatic carbocycles. The second-order valence-corrected chi connectivity index (χ2v) is 5.26. The molecule has 0 fully saturated rings. The van der Waals surface area contributed by atoms with Gasteiger partial charge in [-0.25, -0.2) is 13.2 Å². The van der Waals surface area contributed by atoms with E-state index in [0.717, 1.165) is 11.0 Å². The number of rotatable bonds is 3. The van der Waals surface area contributed by atoms with Crippen molar-refractivity contribution in [3.05, 3.63) is 40.8 Å². The molecule has 0 saturated carbocycles. The van der Waals surface area contributed by atoms with Crippen LogP contribution >= 0.6 is 0 Å². The molecule has 0 amide bonds. The molecule has 0 spiro atoms. The molecule has 5 heteroatoms. The molecule has 0 aliphatic heterocycles. The Kier molecular flexibility index (Phi) is 3.49. The number of benzene rings is 1. The molecule has 86 valence electrons. The van der Waals surface area contributed by atoms with Gasteiger partial charge in [-0.15, -0.1) is 0 Å². The van der Waals surface area contributed by atoms with Crippen LogP contribution in [0.2, 0.25) is 0 Å². The van der Waals surface area contributed by atoms with Gasteiger partial charge < -0.3 is 5.11 Å². The van der Waals surface area contributed by atoms with Gasteiger partial charge in [0.1, 0.15) is 0 Å². The molecule has 0 unspecified atom stereocenters. The zero-order valence-corrected chi connectivity index (χ0v) is 9.78. The van der Waals surface area contributed by atoms with E-state index in [1.807, 2.05) is 6.92 Å². The molecule has 0 aliphatic rings. The number of hydrogen-bond donors (Lipinski definition) is 1. The normalized spacial score (nSPS) is 12.5. The fourth-order valence-corrected chi connectivity index (χ4v) is 2.30. The van der Waals surface area contributed by atoms with Gasteiger partial charge in [0.25, 0.3) is 0 Å². The van der Waals surface area contributed by atoms with Crippen LogP contribution in [0.15, 0.2) is 40.1 Å². The molecule has 1 rings (SSSR count). The fraction of sp³-hybridized carbons (Fsp3) is 0.182. The van der Waals surface area contributed by atoms with Crippen molar-refractivity contribution in [2.45, 2.75) is 18.7 Å². The first-order valence-electron chi connectivity index (χ1n) is 4.56. The van der Waals surface area contributed by atoms with Gasteiger partial charge in [-0.1, -0.05) is 17.7 Å². The number of carbonyl (C=O) groups is 1. The average molecular weight is 240 g/mol. The molecular formula is C11H12O4S. The van der Waals surface area contributed by atoms with Gasteiger partial charge >= 0.3 is 5.97 Å². The number of aryl methyl sites for hydroxylation is 1. The Bertz CT molecular complexity index is 524. The summed E-state index contributed by atoms with van der Waals surface area (Å²) in [7, 11) is -3.66. The van der Waals surface area contributed by atoms with Crippen molar-refractivity contribution in [3.8, 4) is 0 Å². The lowest BCUT2D eigenvalue weighted by molar-refractivity contribution is -0.132. The molecule has 4 nitrogen and oxygen atoms in total. The summed E-state index contributed by atoms with van der Waals surface area (Å²) in [6, 6.07) is 6.24. The quantitative estimate of drug-likeness (QED) is 0.817. The van der Waals surface area contributed by atoms with Gasteiger partial charge in [0, 0.05) is 11.0 Å². The van der Waals surface area contributed by atoms with E-state index in [4.69, 9.17) is 5.11 Å². The summed E-state index contributed by atoms with van der Waals surface area (Å²) in [6.45, 7) is 3.09. The maximum absolute atomic E-state index is 11.7. The van der Waals surface area contributed by atoms with Crippen molar-refractivity contribution in [1.82, 2.24) is 0 Å². The molecule has 0 atom stereocenters. The topological polar surface area (TPSA) is 71.4 Å². The second kappa shape index (κ2) is 4.49. The van der Waals surface area contributed by atoms with E-state index in [1.54, 1.807) is 12.1 Å². The molecule has 16 heavy (non-hydrogen) atoms. The molecule has 0 aliphatic carbocycles. The number of sulfone groups is 1. The number of carboxylic acid groups (broad SMARTS) is 1. The molecule has 1 aromatic rings. The van der Waals surface area contributed by atoms with E-state index in [1.165, 1.54) is 19.1 Å². The smallest absolute Gasteiger partial charge is 0.331 e. The highest BCUT2D eigenvalue weighted by atomic mass is 32.2. The monoisotopic (exact) mass is 240 g/mol. The standard InChI is InChI=1S/C11H12O4S/c1-8-3-5-10(6-4-8)16(14,15)7-9(2)11(12)13/h3-7H,1-2H3,(H,12,13)/b9-7+. The van der Waals surface area contributed by atoms with E-state index in [9.17, 15) is 13.2 Å². The van der Waals surface area contributed by atoms with Gasteiger partial charge in [-0.05, 0) is 26.0 Å². The minimum Gasteiger partial charge on any atom is -0.478 e. The Morgan fingerprint density at radius 1 is 1.25 bits per heavy atom. The first-order valence-corrected chi connectivity index (χ1v) is 6.11. The predicted octanol–water partition coefficient (Wildman–Crippen LogP) is 1.76. The SMILES string of the molecule is C/C(=C\S(=O)(=O)c1ccc(C)cc1)C(=O)O. The van der Waals surface area contributed by atoms with Crippen LogP contribution < -0.4 is 0 Å². The number of aliphatic carboxylic acids is 1. The van der Waals surface area contributed by atoms with Crippen LogP contribution in [-0.2, 0) is 14.6 Å². The summed E-state index contributed by atoms with van der Waals surface area (Å²) in [5.74, 6) is -1.24. The summed E-state index contributed by atoms with van der Waals surface area (Å²) < 4.78 is 23.4. The third kappa shape index (κ3) is 2.93. The van der Waals surface area contributed by atoms with Gasteiger partial charge in [0.15, 0.2) is 9.84 Å². The lowest BCUT2D eigenvalue weighted by atomic mass is 10.2. The van der Waals surface area contributed by atoms with Crippen LogP contribution in [0, 0.1) is 6.92 Å². The molecule has 0 bridgehead atoms. The summed E-state index contributed by atoms with van der Waals surface area (Å²) in [4.78, 5) is 10.6. The highest BCUT2D eigenvalue weighted by Crippen LogP contribution is 2.14. The molecule has 0 saturated heterocycles. The summed E-state index contributed by atoms with van der Waals surface area (Å²) in [5, 5.41) is 9.37.